The van der Waals surface area contributed by atoms with E-state index >= 15 is 0 Å². The van der Waals surface area contributed by atoms with Crippen molar-refractivity contribution < 1.29 is 0 Å². The molecule has 0 amide bonds. The molecule has 1 aliphatic rings. The van der Waals surface area contributed by atoms with Crippen molar-refractivity contribution >= 4 is 11.3 Å². The Hall–Kier alpha value is -0.380. The minimum atomic E-state index is 0.631. The highest BCUT2D eigenvalue weighted by Gasteiger charge is 2.28. The van der Waals surface area contributed by atoms with Crippen LogP contribution in [-0.2, 0) is 6.54 Å². The first kappa shape index (κ1) is 16.0. The van der Waals surface area contributed by atoms with Gasteiger partial charge in [0.2, 0.25) is 0 Å². The smallest absolute Gasteiger partial charge is 0.0330 e. The summed E-state index contributed by atoms with van der Waals surface area (Å²) in [7, 11) is 0. The Bertz CT molecular complexity index is 344. The van der Waals surface area contributed by atoms with Crippen LogP contribution in [0.4, 0.5) is 0 Å². The summed E-state index contributed by atoms with van der Waals surface area (Å²) in [6.45, 7) is 8.09. The van der Waals surface area contributed by atoms with Gasteiger partial charge in [-0.15, -0.1) is 11.3 Å². The van der Waals surface area contributed by atoms with E-state index in [1.165, 1.54) is 63.0 Å². The maximum Gasteiger partial charge on any atom is 0.0330 e. The second kappa shape index (κ2) is 8.81. The minimum absolute atomic E-state index is 0.631. The zero-order valence-electron chi connectivity index (χ0n) is 13.1. The molecule has 0 unspecified atom stereocenters. The van der Waals surface area contributed by atoms with Gasteiger partial charge in [0.1, 0.15) is 0 Å². The van der Waals surface area contributed by atoms with Crippen molar-refractivity contribution in [2.45, 2.75) is 71.0 Å². The van der Waals surface area contributed by atoms with E-state index in [1.807, 2.05) is 11.3 Å². The molecule has 114 valence electrons. The summed E-state index contributed by atoms with van der Waals surface area (Å²) in [5.41, 5.74) is 0. The van der Waals surface area contributed by atoms with Crippen LogP contribution in [0.5, 0.6) is 0 Å². The van der Waals surface area contributed by atoms with E-state index in [4.69, 9.17) is 0 Å². The molecule has 1 heterocycles. The lowest BCUT2D eigenvalue weighted by atomic mass is 10.2. The van der Waals surface area contributed by atoms with Gasteiger partial charge >= 0.3 is 0 Å². The van der Waals surface area contributed by atoms with Gasteiger partial charge in [-0.3, -0.25) is 4.90 Å². The maximum absolute atomic E-state index is 3.49. The molecule has 20 heavy (non-hydrogen) atoms. The lowest BCUT2D eigenvalue weighted by Crippen LogP contribution is -2.26. The number of hydrogen-bond acceptors (Lipinski definition) is 3. The highest BCUT2D eigenvalue weighted by Crippen LogP contribution is 2.29. The molecule has 1 saturated carbocycles. The first-order chi connectivity index (χ1) is 9.75. The molecule has 2 nitrogen and oxygen atoms in total. The van der Waals surface area contributed by atoms with Gasteiger partial charge in [0.25, 0.3) is 0 Å². The normalized spacial score (nSPS) is 15.4. The third-order valence-corrected chi connectivity index (χ3v) is 4.79. The summed E-state index contributed by atoms with van der Waals surface area (Å²) in [5.74, 6) is 0. The molecule has 0 aromatic carbocycles. The van der Waals surface area contributed by atoms with Crippen molar-refractivity contribution in [3.8, 4) is 0 Å². The fourth-order valence-electron chi connectivity index (χ4n) is 2.62. The zero-order valence-corrected chi connectivity index (χ0v) is 13.9. The SMILES string of the molecule is CC(C)NCCCCCCN(Cc1cccs1)C1CC1. The van der Waals surface area contributed by atoms with E-state index in [2.05, 4.69) is 41.6 Å². The summed E-state index contributed by atoms with van der Waals surface area (Å²) < 4.78 is 0. The average molecular weight is 295 g/mol. The molecule has 0 aliphatic heterocycles. The van der Waals surface area contributed by atoms with E-state index in [0.717, 1.165) is 6.04 Å². The lowest BCUT2D eigenvalue weighted by Gasteiger charge is -2.21. The first-order valence-corrected chi connectivity index (χ1v) is 9.13. The number of hydrogen-bond donors (Lipinski definition) is 1. The van der Waals surface area contributed by atoms with Crippen molar-refractivity contribution in [3.63, 3.8) is 0 Å². The molecule has 1 fully saturated rings. The Morgan fingerprint density at radius 2 is 2.05 bits per heavy atom. The number of rotatable bonds is 11. The van der Waals surface area contributed by atoms with Gasteiger partial charge in [-0.25, -0.2) is 0 Å². The fourth-order valence-corrected chi connectivity index (χ4v) is 3.35. The van der Waals surface area contributed by atoms with Crippen molar-refractivity contribution in [1.29, 1.82) is 0 Å². The molecule has 1 aliphatic carbocycles. The van der Waals surface area contributed by atoms with Crippen LogP contribution >= 0.6 is 11.3 Å². The monoisotopic (exact) mass is 294 g/mol. The van der Waals surface area contributed by atoms with E-state index in [1.54, 1.807) is 0 Å². The Balaban J connectivity index is 1.54. The van der Waals surface area contributed by atoms with Crippen LogP contribution in [0.3, 0.4) is 0 Å². The van der Waals surface area contributed by atoms with Gasteiger partial charge in [-0.05, 0) is 50.2 Å². The topological polar surface area (TPSA) is 15.3 Å². The summed E-state index contributed by atoms with van der Waals surface area (Å²) in [6, 6.07) is 5.97. The predicted molar refractivity (Wildman–Crippen MR) is 89.4 cm³/mol. The van der Waals surface area contributed by atoms with Crippen molar-refractivity contribution in [3.05, 3.63) is 22.4 Å². The van der Waals surface area contributed by atoms with Crippen LogP contribution in [0.25, 0.3) is 0 Å². The van der Waals surface area contributed by atoms with Gasteiger partial charge in [0.15, 0.2) is 0 Å². The zero-order chi connectivity index (χ0) is 14.2. The van der Waals surface area contributed by atoms with Crippen molar-refractivity contribution in [2.75, 3.05) is 13.1 Å². The maximum atomic E-state index is 3.49. The second-order valence-corrected chi connectivity index (χ2v) is 7.34. The Labute approximate surface area is 128 Å². The molecule has 0 bridgehead atoms. The molecule has 1 N–H and O–H groups in total. The van der Waals surface area contributed by atoms with Gasteiger partial charge in [0.05, 0.1) is 0 Å². The molecule has 3 heteroatoms. The van der Waals surface area contributed by atoms with Gasteiger partial charge in [-0.1, -0.05) is 32.8 Å². The van der Waals surface area contributed by atoms with E-state index in [0.29, 0.717) is 6.04 Å². The fraction of sp³-hybridized carbons (Fsp3) is 0.765. The third kappa shape index (κ3) is 6.38. The van der Waals surface area contributed by atoms with Crippen LogP contribution < -0.4 is 5.32 Å². The summed E-state index contributed by atoms with van der Waals surface area (Å²) in [4.78, 5) is 4.23. The average Bonchev–Trinajstić information content (AvgIpc) is 3.14. The van der Waals surface area contributed by atoms with Crippen LogP contribution in [0.1, 0.15) is 57.2 Å². The van der Waals surface area contributed by atoms with Crippen molar-refractivity contribution in [2.24, 2.45) is 0 Å². The lowest BCUT2D eigenvalue weighted by molar-refractivity contribution is 0.250. The number of nitrogens with one attached hydrogen (secondary N) is 1. The molecule has 1 aromatic heterocycles. The summed E-state index contributed by atoms with van der Waals surface area (Å²) in [6.07, 6.45) is 8.29. The second-order valence-electron chi connectivity index (χ2n) is 6.30. The summed E-state index contributed by atoms with van der Waals surface area (Å²) in [5, 5.41) is 5.69. The first-order valence-electron chi connectivity index (χ1n) is 8.25. The molecular weight excluding hydrogens is 264 g/mol. The number of thiophene rings is 1. The molecular formula is C17H30N2S. The summed E-state index contributed by atoms with van der Waals surface area (Å²) >= 11 is 1.90. The Kier molecular flexibility index (Phi) is 7.05. The molecule has 1 aromatic rings. The van der Waals surface area contributed by atoms with Gasteiger partial charge in [-0.2, -0.15) is 0 Å². The number of nitrogens with zero attached hydrogens (tertiary/aromatic N) is 1. The molecule has 0 radical (unpaired) electrons. The highest BCUT2D eigenvalue weighted by atomic mass is 32.1. The molecule has 0 spiro atoms. The number of unbranched alkanes of at least 4 members (excludes halogenated alkanes) is 3. The quantitative estimate of drug-likeness (QED) is 0.613. The van der Waals surface area contributed by atoms with E-state index in [-0.39, 0.29) is 0 Å². The minimum Gasteiger partial charge on any atom is -0.315 e. The Morgan fingerprint density at radius 3 is 2.70 bits per heavy atom. The Morgan fingerprint density at radius 1 is 1.25 bits per heavy atom. The van der Waals surface area contributed by atoms with Gasteiger partial charge in [0, 0.05) is 23.5 Å². The predicted octanol–water partition coefficient (Wildman–Crippen LogP) is 4.27. The van der Waals surface area contributed by atoms with E-state index in [9.17, 15) is 0 Å². The van der Waals surface area contributed by atoms with Crippen LogP contribution in [0.2, 0.25) is 0 Å². The third-order valence-electron chi connectivity index (χ3n) is 3.93. The van der Waals surface area contributed by atoms with Crippen molar-refractivity contribution in [1.82, 2.24) is 10.2 Å². The van der Waals surface area contributed by atoms with E-state index < -0.39 is 0 Å². The molecule has 0 atom stereocenters. The molecule has 0 saturated heterocycles. The van der Waals surface area contributed by atoms with Crippen LogP contribution in [0.15, 0.2) is 17.5 Å². The van der Waals surface area contributed by atoms with Crippen LogP contribution in [0, 0.1) is 0 Å². The standard InChI is InChI=1S/C17H30N2S/c1-15(2)18-11-5-3-4-6-12-19(16-9-10-16)14-17-8-7-13-20-17/h7-8,13,15-16,18H,3-6,9-12,14H2,1-2H3. The highest BCUT2D eigenvalue weighted by molar-refractivity contribution is 7.09. The van der Waals surface area contributed by atoms with Crippen LogP contribution in [-0.4, -0.2) is 30.1 Å². The molecule has 2 rings (SSSR count). The van der Waals surface area contributed by atoms with Gasteiger partial charge < -0.3 is 5.32 Å². The largest absolute Gasteiger partial charge is 0.315 e.